The fraction of sp³-hybridized carbons (Fsp3) is 0.364. The van der Waals surface area contributed by atoms with Crippen LogP contribution in [0.4, 0.5) is 0 Å². The van der Waals surface area contributed by atoms with Crippen LogP contribution in [-0.2, 0) is 22.6 Å². The quantitative estimate of drug-likeness (QED) is 0.808. The van der Waals surface area contributed by atoms with E-state index in [1.165, 1.54) is 0 Å². The minimum atomic E-state index is -0.598. The number of hydrogen-bond acceptors (Lipinski definition) is 2. The Labute approximate surface area is 166 Å². The van der Waals surface area contributed by atoms with E-state index >= 15 is 0 Å². The van der Waals surface area contributed by atoms with Gasteiger partial charge in [-0.05, 0) is 51.0 Å². The Kier molecular flexibility index (Phi) is 7.03. The van der Waals surface area contributed by atoms with Gasteiger partial charge in [-0.15, -0.1) is 0 Å². The maximum atomic E-state index is 13.0. The maximum absolute atomic E-state index is 13.0. The molecule has 2 rings (SSSR count). The number of hydrogen-bond donors (Lipinski definition) is 1. The number of nitrogens with one attached hydrogen (secondary N) is 1. The fourth-order valence-electron chi connectivity index (χ4n) is 2.76. The predicted molar refractivity (Wildman–Crippen MR) is 110 cm³/mol. The third kappa shape index (κ3) is 6.72. The lowest BCUT2D eigenvalue weighted by molar-refractivity contribution is -0.140. The first kappa shape index (κ1) is 21.0. The molecule has 0 radical (unpaired) electrons. The van der Waals surface area contributed by atoms with E-state index in [4.69, 9.17) is 11.6 Å². The molecule has 0 aliphatic rings. The largest absolute Gasteiger partial charge is 0.350 e. The van der Waals surface area contributed by atoms with E-state index < -0.39 is 6.04 Å². The van der Waals surface area contributed by atoms with Crippen molar-refractivity contribution >= 4 is 23.4 Å². The van der Waals surface area contributed by atoms with Crippen molar-refractivity contribution in [2.24, 2.45) is 0 Å². The standard InChI is InChI=1S/C22H27ClN2O2/c1-16(21(27)24-22(2,3)4)25(15-18-11-8-12-19(23)13-18)20(26)14-17-9-6-5-7-10-17/h5-13,16H,14-15H2,1-4H3,(H,24,27)/t16-/m0/s1. The van der Waals surface area contributed by atoms with Crippen molar-refractivity contribution in [1.82, 2.24) is 10.2 Å². The summed E-state index contributed by atoms with van der Waals surface area (Å²) in [5, 5.41) is 3.56. The van der Waals surface area contributed by atoms with Crippen LogP contribution in [0.25, 0.3) is 0 Å². The van der Waals surface area contributed by atoms with Gasteiger partial charge in [0.15, 0.2) is 0 Å². The van der Waals surface area contributed by atoms with E-state index in [-0.39, 0.29) is 23.8 Å². The van der Waals surface area contributed by atoms with Crippen LogP contribution in [0, 0.1) is 0 Å². The van der Waals surface area contributed by atoms with E-state index in [0.29, 0.717) is 11.6 Å². The molecule has 0 saturated carbocycles. The smallest absolute Gasteiger partial charge is 0.242 e. The lowest BCUT2D eigenvalue weighted by atomic mass is 10.1. The minimum absolute atomic E-state index is 0.0993. The zero-order valence-corrected chi connectivity index (χ0v) is 17.1. The highest BCUT2D eigenvalue weighted by Crippen LogP contribution is 2.16. The van der Waals surface area contributed by atoms with E-state index in [9.17, 15) is 9.59 Å². The maximum Gasteiger partial charge on any atom is 0.242 e. The third-order valence-electron chi connectivity index (χ3n) is 4.11. The molecule has 0 aromatic heterocycles. The molecule has 5 heteroatoms. The fourth-order valence-corrected chi connectivity index (χ4v) is 2.97. The molecule has 4 nitrogen and oxygen atoms in total. The normalized spacial score (nSPS) is 12.3. The number of amides is 2. The summed E-state index contributed by atoms with van der Waals surface area (Å²) in [4.78, 5) is 27.3. The zero-order valence-electron chi connectivity index (χ0n) is 16.3. The Bertz CT molecular complexity index is 784. The van der Waals surface area contributed by atoms with Crippen LogP contribution in [0.15, 0.2) is 54.6 Å². The highest BCUT2D eigenvalue weighted by molar-refractivity contribution is 6.30. The summed E-state index contributed by atoms with van der Waals surface area (Å²) in [6, 6.07) is 16.3. The number of rotatable bonds is 6. The molecule has 1 N–H and O–H groups in total. The minimum Gasteiger partial charge on any atom is -0.350 e. The summed E-state index contributed by atoms with van der Waals surface area (Å²) in [5.41, 5.74) is 1.44. The first-order valence-electron chi connectivity index (χ1n) is 9.05. The van der Waals surface area contributed by atoms with Crippen molar-refractivity contribution in [3.63, 3.8) is 0 Å². The average Bonchev–Trinajstić information content (AvgIpc) is 2.58. The molecule has 144 valence electrons. The number of halogens is 1. The number of benzene rings is 2. The highest BCUT2D eigenvalue weighted by atomic mass is 35.5. The van der Waals surface area contributed by atoms with Crippen molar-refractivity contribution in [2.75, 3.05) is 0 Å². The molecule has 0 unspecified atom stereocenters. The first-order chi connectivity index (χ1) is 12.7. The molecule has 0 heterocycles. The molecule has 0 bridgehead atoms. The topological polar surface area (TPSA) is 49.4 Å². The van der Waals surface area contributed by atoms with Gasteiger partial charge in [0.2, 0.25) is 11.8 Å². The molecule has 1 atom stereocenters. The van der Waals surface area contributed by atoms with E-state index in [0.717, 1.165) is 11.1 Å². The summed E-state index contributed by atoms with van der Waals surface area (Å²) in [5.74, 6) is -0.274. The number of nitrogens with zero attached hydrogens (tertiary/aromatic N) is 1. The molecule has 0 fully saturated rings. The van der Waals surface area contributed by atoms with Gasteiger partial charge in [-0.3, -0.25) is 9.59 Å². The Morgan fingerprint density at radius 2 is 1.67 bits per heavy atom. The third-order valence-corrected chi connectivity index (χ3v) is 4.34. The molecule has 0 aliphatic heterocycles. The molecule has 27 heavy (non-hydrogen) atoms. The van der Waals surface area contributed by atoms with Crippen molar-refractivity contribution in [1.29, 1.82) is 0 Å². The number of carbonyl (C=O) groups is 2. The molecular weight excluding hydrogens is 360 g/mol. The van der Waals surface area contributed by atoms with Crippen LogP contribution in [0.5, 0.6) is 0 Å². The molecule has 2 aromatic rings. The van der Waals surface area contributed by atoms with Gasteiger partial charge in [-0.1, -0.05) is 54.1 Å². The molecule has 0 aliphatic carbocycles. The molecule has 2 aromatic carbocycles. The second kappa shape index (κ2) is 9.05. The molecule has 2 amide bonds. The molecule has 0 spiro atoms. The van der Waals surface area contributed by atoms with Gasteiger partial charge in [-0.25, -0.2) is 0 Å². The monoisotopic (exact) mass is 386 g/mol. The van der Waals surface area contributed by atoms with Gasteiger partial charge in [0, 0.05) is 17.1 Å². The van der Waals surface area contributed by atoms with Gasteiger partial charge in [-0.2, -0.15) is 0 Å². The van der Waals surface area contributed by atoms with E-state index in [2.05, 4.69) is 5.32 Å². The molecule has 0 saturated heterocycles. The lowest BCUT2D eigenvalue weighted by Gasteiger charge is -2.31. The van der Waals surface area contributed by atoms with Gasteiger partial charge in [0.05, 0.1) is 6.42 Å². The zero-order chi connectivity index (χ0) is 20.0. The van der Waals surface area contributed by atoms with Crippen LogP contribution in [0.3, 0.4) is 0 Å². The van der Waals surface area contributed by atoms with Crippen molar-refractivity contribution < 1.29 is 9.59 Å². The Balaban J connectivity index is 2.23. The summed E-state index contributed by atoms with van der Waals surface area (Å²) in [6.07, 6.45) is 0.245. The van der Waals surface area contributed by atoms with Gasteiger partial charge >= 0.3 is 0 Å². The second-order valence-electron chi connectivity index (χ2n) is 7.73. The van der Waals surface area contributed by atoms with Crippen molar-refractivity contribution in [3.05, 3.63) is 70.7 Å². The lowest BCUT2D eigenvalue weighted by Crippen LogP contribution is -2.52. The summed E-state index contributed by atoms with van der Waals surface area (Å²) >= 11 is 6.08. The Hall–Kier alpha value is -2.33. The van der Waals surface area contributed by atoms with Crippen LogP contribution < -0.4 is 5.32 Å². The van der Waals surface area contributed by atoms with Crippen LogP contribution in [0.1, 0.15) is 38.8 Å². The second-order valence-corrected chi connectivity index (χ2v) is 8.17. The average molecular weight is 387 g/mol. The van der Waals surface area contributed by atoms with Crippen LogP contribution >= 0.6 is 11.6 Å². The predicted octanol–water partition coefficient (Wildman–Crippen LogP) is 4.21. The SMILES string of the molecule is C[C@@H](C(=O)NC(C)(C)C)N(Cc1cccc(Cl)c1)C(=O)Cc1ccccc1. The summed E-state index contributed by atoms with van der Waals surface area (Å²) in [7, 11) is 0. The Morgan fingerprint density at radius 3 is 2.26 bits per heavy atom. The van der Waals surface area contributed by atoms with Crippen molar-refractivity contribution in [2.45, 2.75) is 52.2 Å². The highest BCUT2D eigenvalue weighted by Gasteiger charge is 2.28. The van der Waals surface area contributed by atoms with E-state index in [1.807, 2.05) is 69.3 Å². The van der Waals surface area contributed by atoms with Gasteiger partial charge < -0.3 is 10.2 Å². The summed E-state index contributed by atoms with van der Waals surface area (Å²) in [6.45, 7) is 7.85. The van der Waals surface area contributed by atoms with Crippen LogP contribution in [-0.4, -0.2) is 28.3 Å². The van der Waals surface area contributed by atoms with Gasteiger partial charge in [0.1, 0.15) is 6.04 Å². The molecular formula is C22H27ClN2O2. The summed E-state index contributed by atoms with van der Waals surface area (Å²) < 4.78 is 0. The van der Waals surface area contributed by atoms with E-state index in [1.54, 1.807) is 17.9 Å². The number of carbonyl (C=O) groups excluding carboxylic acids is 2. The first-order valence-corrected chi connectivity index (χ1v) is 9.43. The Morgan fingerprint density at radius 1 is 1.04 bits per heavy atom. The van der Waals surface area contributed by atoms with Gasteiger partial charge in [0.25, 0.3) is 0 Å². The van der Waals surface area contributed by atoms with Crippen LogP contribution in [0.2, 0.25) is 5.02 Å². The van der Waals surface area contributed by atoms with Crippen molar-refractivity contribution in [3.8, 4) is 0 Å².